The summed E-state index contributed by atoms with van der Waals surface area (Å²) in [5.74, 6) is 1.04. The summed E-state index contributed by atoms with van der Waals surface area (Å²) >= 11 is 0. The number of fused-ring (bicyclic) bond motifs is 1. The minimum Gasteiger partial charge on any atom is -0.389 e. The second kappa shape index (κ2) is 5.10. The topological polar surface area (TPSA) is 39.6 Å². The lowest BCUT2D eigenvalue weighted by Crippen LogP contribution is -2.55. The lowest BCUT2D eigenvalue weighted by Gasteiger charge is -2.43. The maximum atomic E-state index is 9.54. The molecule has 3 rings (SSSR count). The van der Waals surface area contributed by atoms with Crippen LogP contribution < -0.4 is 4.90 Å². The van der Waals surface area contributed by atoms with Crippen molar-refractivity contribution < 1.29 is 5.11 Å². The van der Waals surface area contributed by atoms with Gasteiger partial charge in [-0.1, -0.05) is 6.07 Å². The SMILES string of the molecule is CC(O)c1ccc(N2CC3CCCN3CC2C)nc1. The normalized spacial score (nSPS) is 29.3. The van der Waals surface area contributed by atoms with E-state index in [2.05, 4.69) is 21.7 Å². The smallest absolute Gasteiger partial charge is 0.128 e. The van der Waals surface area contributed by atoms with Gasteiger partial charge in [-0.25, -0.2) is 4.98 Å². The van der Waals surface area contributed by atoms with Crippen molar-refractivity contribution in [3.63, 3.8) is 0 Å². The summed E-state index contributed by atoms with van der Waals surface area (Å²) in [5.41, 5.74) is 0.885. The third-order valence-electron chi connectivity index (χ3n) is 4.48. The Kier molecular flexibility index (Phi) is 3.46. The Morgan fingerprint density at radius 2 is 2.21 bits per heavy atom. The van der Waals surface area contributed by atoms with E-state index >= 15 is 0 Å². The van der Waals surface area contributed by atoms with E-state index in [1.807, 2.05) is 12.1 Å². The summed E-state index contributed by atoms with van der Waals surface area (Å²) in [7, 11) is 0. The zero-order valence-electron chi connectivity index (χ0n) is 11.8. The molecule has 2 aliphatic heterocycles. The first kappa shape index (κ1) is 12.9. The van der Waals surface area contributed by atoms with E-state index in [4.69, 9.17) is 0 Å². The molecule has 3 atom stereocenters. The fraction of sp³-hybridized carbons (Fsp3) is 0.667. The van der Waals surface area contributed by atoms with E-state index in [1.54, 1.807) is 13.1 Å². The molecule has 104 valence electrons. The molecule has 0 spiro atoms. The standard InChI is InChI=1S/C15H23N3O/c1-11-9-17-7-3-4-14(17)10-18(11)15-6-5-13(8-16-15)12(2)19/h5-6,8,11-12,14,19H,3-4,7,9-10H2,1-2H3. The van der Waals surface area contributed by atoms with Gasteiger partial charge >= 0.3 is 0 Å². The molecule has 1 aromatic rings. The van der Waals surface area contributed by atoms with Crippen LogP contribution in [0, 0.1) is 0 Å². The fourth-order valence-corrected chi connectivity index (χ4v) is 3.32. The molecule has 1 aromatic heterocycles. The van der Waals surface area contributed by atoms with Gasteiger partial charge in [0, 0.05) is 31.4 Å². The van der Waals surface area contributed by atoms with Gasteiger partial charge in [0.05, 0.1) is 6.10 Å². The Morgan fingerprint density at radius 3 is 2.89 bits per heavy atom. The second-order valence-corrected chi connectivity index (χ2v) is 5.92. The van der Waals surface area contributed by atoms with Crippen LogP contribution >= 0.6 is 0 Å². The first-order valence-corrected chi connectivity index (χ1v) is 7.30. The van der Waals surface area contributed by atoms with Crippen LogP contribution in [0.5, 0.6) is 0 Å². The number of hydrogen-bond donors (Lipinski definition) is 1. The van der Waals surface area contributed by atoms with Gasteiger partial charge in [-0.05, 0) is 44.9 Å². The number of aromatic nitrogens is 1. The Morgan fingerprint density at radius 1 is 1.37 bits per heavy atom. The summed E-state index contributed by atoms with van der Waals surface area (Å²) in [6.07, 6.45) is 4.01. The number of nitrogens with zero attached hydrogens (tertiary/aromatic N) is 3. The number of aliphatic hydroxyl groups is 1. The summed E-state index contributed by atoms with van der Waals surface area (Å²) in [4.78, 5) is 9.57. The first-order chi connectivity index (χ1) is 9.15. The van der Waals surface area contributed by atoms with Crippen LogP contribution in [-0.4, -0.2) is 46.7 Å². The van der Waals surface area contributed by atoms with Crippen LogP contribution in [0.4, 0.5) is 5.82 Å². The Hall–Kier alpha value is -1.13. The number of anilines is 1. The lowest BCUT2D eigenvalue weighted by atomic mass is 10.1. The molecule has 0 bridgehead atoms. The summed E-state index contributed by atoms with van der Waals surface area (Å²) in [6, 6.07) is 5.25. The minimum atomic E-state index is -0.439. The highest BCUT2D eigenvalue weighted by molar-refractivity contribution is 5.42. The van der Waals surface area contributed by atoms with Crippen molar-refractivity contribution in [3.05, 3.63) is 23.9 Å². The predicted octanol–water partition coefficient (Wildman–Crippen LogP) is 1.81. The van der Waals surface area contributed by atoms with Crippen molar-refractivity contribution in [2.45, 2.75) is 44.9 Å². The summed E-state index contributed by atoms with van der Waals surface area (Å²) in [5, 5.41) is 9.54. The first-order valence-electron chi connectivity index (χ1n) is 7.30. The molecule has 2 aliphatic rings. The van der Waals surface area contributed by atoms with Gasteiger partial charge in [0.25, 0.3) is 0 Å². The van der Waals surface area contributed by atoms with Gasteiger partial charge in [0.1, 0.15) is 5.82 Å². The highest BCUT2D eigenvalue weighted by atomic mass is 16.3. The highest BCUT2D eigenvalue weighted by Gasteiger charge is 2.34. The van der Waals surface area contributed by atoms with Gasteiger partial charge < -0.3 is 10.0 Å². The average Bonchev–Trinajstić information content (AvgIpc) is 2.85. The molecule has 0 amide bonds. The van der Waals surface area contributed by atoms with Gasteiger partial charge in [-0.15, -0.1) is 0 Å². The summed E-state index contributed by atoms with van der Waals surface area (Å²) in [6.45, 7) is 7.54. The molecule has 3 unspecified atom stereocenters. The minimum absolute atomic E-state index is 0.439. The molecule has 0 radical (unpaired) electrons. The average molecular weight is 261 g/mol. The van der Waals surface area contributed by atoms with Crippen LogP contribution in [0.2, 0.25) is 0 Å². The number of rotatable bonds is 2. The highest BCUT2D eigenvalue weighted by Crippen LogP contribution is 2.28. The van der Waals surface area contributed by atoms with Crippen molar-refractivity contribution >= 4 is 5.82 Å². The Balaban J connectivity index is 1.77. The Bertz CT molecular complexity index is 432. The molecule has 2 saturated heterocycles. The van der Waals surface area contributed by atoms with Gasteiger partial charge in [-0.2, -0.15) is 0 Å². The quantitative estimate of drug-likeness (QED) is 0.881. The van der Waals surface area contributed by atoms with Crippen molar-refractivity contribution in [3.8, 4) is 0 Å². The van der Waals surface area contributed by atoms with E-state index in [-0.39, 0.29) is 0 Å². The van der Waals surface area contributed by atoms with Crippen molar-refractivity contribution in [1.29, 1.82) is 0 Å². The number of aliphatic hydroxyl groups excluding tert-OH is 1. The number of hydrogen-bond acceptors (Lipinski definition) is 4. The van der Waals surface area contributed by atoms with Gasteiger partial charge in [0.2, 0.25) is 0 Å². The van der Waals surface area contributed by atoms with Gasteiger partial charge in [-0.3, -0.25) is 4.90 Å². The van der Waals surface area contributed by atoms with Crippen molar-refractivity contribution in [1.82, 2.24) is 9.88 Å². The van der Waals surface area contributed by atoms with Gasteiger partial charge in [0.15, 0.2) is 0 Å². The molecule has 19 heavy (non-hydrogen) atoms. The molecule has 0 aliphatic carbocycles. The number of pyridine rings is 1. The fourth-order valence-electron chi connectivity index (χ4n) is 3.32. The monoisotopic (exact) mass is 261 g/mol. The molecule has 3 heterocycles. The molecule has 4 heteroatoms. The largest absolute Gasteiger partial charge is 0.389 e. The van der Waals surface area contributed by atoms with Crippen LogP contribution in [0.3, 0.4) is 0 Å². The maximum absolute atomic E-state index is 9.54. The van der Waals surface area contributed by atoms with E-state index in [0.29, 0.717) is 12.1 Å². The summed E-state index contributed by atoms with van der Waals surface area (Å²) < 4.78 is 0. The zero-order chi connectivity index (χ0) is 13.4. The van der Waals surface area contributed by atoms with Crippen molar-refractivity contribution in [2.24, 2.45) is 0 Å². The molecule has 0 aromatic carbocycles. The number of piperazine rings is 1. The molecular formula is C15H23N3O. The molecular weight excluding hydrogens is 238 g/mol. The molecule has 2 fully saturated rings. The predicted molar refractivity (Wildman–Crippen MR) is 76.3 cm³/mol. The zero-order valence-corrected chi connectivity index (χ0v) is 11.8. The molecule has 1 N–H and O–H groups in total. The van der Waals surface area contributed by atoms with E-state index < -0.39 is 6.10 Å². The van der Waals surface area contributed by atoms with Crippen LogP contribution in [-0.2, 0) is 0 Å². The van der Waals surface area contributed by atoms with E-state index in [1.165, 1.54) is 19.4 Å². The lowest BCUT2D eigenvalue weighted by molar-refractivity contribution is 0.198. The molecule has 0 saturated carbocycles. The van der Waals surface area contributed by atoms with Crippen molar-refractivity contribution in [2.75, 3.05) is 24.5 Å². The maximum Gasteiger partial charge on any atom is 0.128 e. The third kappa shape index (κ3) is 2.47. The second-order valence-electron chi connectivity index (χ2n) is 5.92. The van der Waals surface area contributed by atoms with E-state index in [9.17, 15) is 5.11 Å². The van der Waals surface area contributed by atoms with Crippen LogP contribution in [0.25, 0.3) is 0 Å². The third-order valence-corrected chi connectivity index (χ3v) is 4.48. The van der Waals surface area contributed by atoms with Crippen LogP contribution in [0.1, 0.15) is 38.4 Å². The Labute approximate surface area is 115 Å². The van der Waals surface area contributed by atoms with E-state index in [0.717, 1.165) is 24.5 Å². The van der Waals surface area contributed by atoms with Crippen LogP contribution in [0.15, 0.2) is 18.3 Å². The molecule has 4 nitrogen and oxygen atoms in total.